The van der Waals surface area contributed by atoms with E-state index >= 15 is 0 Å². The van der Waals surface area contributed by atoms with Crippen LogP contribution in [0.5, 0.6) is 5.75 Å². The van der Waals surface area contributed by atoms with E-state index in [0.29, 0.717) is 6.04 Å². The number of benzene rings is 1. The number of ether oxygens (including phenoxy) is 1. The summed E-state index contributed by atoms with van der Waals surface area (Å²) in [5.41, 5.74) is 1.17. The van der Waals surface area contributed by atoms with Crippen LogP contribution in [0.4, 0.5) is 0 Å². The van der Waals surface area contributed by atoms with Crippen molar-refractivity contribution in [3.8, 4) is 5.75 Å². The van der Waals surface area contributed by atoms with Gasteiger partial charge in [0.25, 0.3) is 0 Å². The van der Waals surface area contributed by atoms with Gasteiger partial charge >= 0.3 is 0 Å². The van der Waals surface area contributed by atoms with Crippen molar-refractivity contribution in [1.82, 2.24) is 14.2 Å². The van der Waals surface area contributed by atoms with Gasteiger partial charge in [-0.25, -0.2) is 4.31 Å². The minimum absolute atomic E-state index is 0.675. The molecule has 0 aliphatic carbocycles. The van der Waals surface area contributed by atoms with Gasteiger partial charge in [-0.1, -0.05) is 12.1 Å². The van der Waals surface area contributed by atoms with Crippen LogP contribution in [0.15, 0.2) is 29.3 Å². The van der Waals surface area contributed by atoms with Crippen LogP contribution >= 0.6 is 11.9 Å². The average Bonchev–Trinajstić information content (AvgIpc) is 2.84. The standard InChI is InChI=1S/C16H23N3OS/c1-17-12-7-9-19(10-8-12)21-15-11-18(2)16-13(15)5-4-6-14(16)20-3/h4-6,11-12,17H,7-10H2,1-3H3. The largest absolute Gasteiger partial charge is 0.495 e. The first-order valence-corrected chi connectivity index (χ1v) is 8.22. The van der Waals surface area contributed by atoms with Crippen LogP contribution in [0.3, 0.4) is 0 Å². The molecule has 2 aromatic rings. The average molecular weight is 305 g/mol. The second-order valence-electron chi connectivity index (χ2n) is 5.54. The number of nitrogens with zero attached hydrogens (tertiary/aromatic N) is 2. The summed E-state index contributed by atoms with van der Waals surface area (Å²) < 4.78 is 10.1. The Labute approximate surface area is 130 Å². The Morgan fingerprint density at radius 2 is 2.05 bits per heavy atom. The fourth-order valence-electron chi connectivity index (χ4n) is 3.01. The molecule has 1 aliphatic rings. The summed E-state index contributed by atoms with van der Waals surface area (Å²) in [7, 11) is 5.88. The second kappa shape index (κ2) is 6.30. The summed E-state index contributed by atoms with van der Waals surface area (Å²) in [6.07, 6.45) is 4.65. The first kappa shape index (κ1) is 14.8. The zero-order valence-electron chi connectivity index (χ0n) is 12.9. The number of piperidine rings is 1. The maximum absolute atomic E-state index is 5.49. The van der Waals surface area contributed by atoms with Crippen molar-refractivity contribution in [2.75, 3.05) is 27.2 Å². The summed E-state index contributed by atoms with van der Waals surface area (Å²) in [6.45, 7) is 2.27. The quantitative estimate of drug-likeness (QED) is 0.880. The highest BCUT2D eigenvalue weighted by molar-refractivity contribution is 7.97. The third-order valence-electron chi connectivity index (χ3n) is 4.24. The summed E-state index contributed by atoms with van der Waals surface area (Å²) in [4.78, 5) is 1.31. The summed E-state index contributed by atoms with van der Waals surface area (Å²) in [6, 6.07) is 6.95. The zero-order chi connectivity index (χ0) is 14.8. The molecule has 1 saturated heterocycles. The molecule has 3 rings (SSSR count). The monoisotopic (exact) mass is 305 g/mol. The van der Waals surface area contributed by atoms with Gasteiger partial charge in [0.1, 0.15) is 5.75 Å². The van der Waals surface area contributed by atoms with Crippen molar-refractivity contribution in [2.45, 2.75) is 23.8 Å². The molecule has 114 valence electrons. The lowest BCUT2D eigenvalue weighted by atomic mass is 10.1. The van der Waals surface area contributed by atoms with E-state index in [1.807, 2.05) is 18.0 Å². The Balaban J connectivity index is 1.82. The number of rotatable bonds is 4. The highest BCUT2D eigenvalue weighted by Crippen LogP contribution is 2.36. The number of methoxy groups -OCH3 is 1. The predicted octanol–water partition coefficient (Wildman–Crippen LogP) is 2.88. The van der Waals surface area contributed by atoms with E-state index in [1.165, 1.54) is 28.6 Å². The van der Waals surface area contributed by atoms with Crippen molar-refractivity contribution in [1.29, 1.82) is 0 Å². The smallest absolute Gasteiger partial charge is 0.143 e. The van der Waals surface area contributed by atoms with Gasteiger partial charge in [-0.15, -0.1) is 0 Å². The molecular formula is C16H23N3OS. The first-order chi connectivity index (χ1) is 10.2. The van der Waals surface area contributed by atoms with Gasteiger partial charge in [-0.3, -0.25) is 0 Å². The van der Waals surface area contributed by atoms with Crippen LogP contribution in [-0.4, -0.2) is 42.2 Å². The fraction of sp³-hybridized carbons (Fsp3) is 0.500. The summed E-state index contributed by atoms with van der Waals surface area (Å²) >= 11 is 1.88. The van der Waals surface area contributed by atoms with Crippen molar-refractivity contribution in [3.05, 3.63) is 24.4 Å². The van der Waals surface area contributed by atoms with E-state index in [1.54, 1.807) is 7.11 Å². The number of aryl methyl sites for hydroxylation is 1. The molecule has 0 unspecified atom stereocenters. The van der Waals surface area contributed by atoms with Crippen molar-refractivity contribution in [3.63, 3.8) is 0 Å². The molecular weight excluding hydrogens is 282 g/mol. The number of nitrogens with one attached hydrogen (secondary N) is 1. The molecule has 0 spiro atoms. The third-order valence-corrected chi connectivity index (χ3v) is 5.38. The maximum atomic E-state index is 5.49. The normalized spacial score (nSPS) is 17.5. The van der Waals surface area contributed by atoms with Gasteiger partial charge in [-0.2, -0.15) is 0 Å². The Bertz CT molecular complexity index is 617. The molecule has 1 aromatic carbocycles. The Kier molecular flexibility index (Phi) is 4.42. The molecule has 21 heavy (non-hydrogen) atoms. The predicted molar refractivity (Wildman–Crippen MR) is 89.0 cm³/mol. The van der Waals surface area contributed by atoms with E-state index in [2.05, 4.69) is 46.6 Å². The van der Waals surface area contributed by atoms with Gasteiger partial charge < -0.3 is 14.6 Å². The van der Waals surface area contributed by atoms with Gasteiger partial charge in [0.15, 0.2) is 0 Å². The molecule has 0 radical (unpaired) electrons. The highest BCUT2D eigenvalue weighted by Gasteiger charge is 2.20. The van der Waals surface area contributed by atoms with Crippen LogP contribution in [0.25, 0.3) is 10.9 Å². The van der Waals surface area contributed by atoms with Gasteiger partial charge in [0.2, 0.25) is 0 Å². The fourth-order valence-corrected chi connectivity index (χ4v) is 4.15. The first-order valence-electron chi connectivity index (χ1n) is 7.45. The summed E-state index contributed by atoms with van der Waals surface area (Å²) in [5, 5.41) is 4.66. The second-order valence-corrected chi connectivity index (χ2v) is 6.68. The van der Waals surface area contributed by atoms with E-state index in [-0.39, 0.29) is 0 Å². The van der Waals surface area contributed by atoms with Crippen molar-refractivity contribution < 1.29 is 4.74 Å². The molecule has 5 heteroatoms. The number of fused-ring (bicyclic) bond motifs is 1. The van der Waals surface area contributed by atoms with E-state index in [9.17, 15) is 0 Å². The molecule has 1 fully saturated rings. The van der Waals surface area contributed by atoms with Crippen molar-refractivity contribution >= 4 is 22.9 Å². The molecule has 1 aliphatic heterocycles. The van der Waals surface area contributed by atoms with Crippen LogP contribution in [0, 0.1) is 0 Å². The summed E-state index contributed by atoms with van der Waals surface area (Å²) in [5.74, 6) is 0.941. The topological polar surface area (TPSA) is 29.4 Å². The van der Waals surface area contributed by atoms with Gasteiger partial charge in [0, 0.05) is 42.7 Å². The van der Waals surface area contributed by atoms with Gasteiger partial charge in [0.05, 0.1) is 12.6 Å². The molecule has 1 aromatic heterocycles. The van der Waals surface area contributed by atoms with Gasteiger partial charge in [-0.05, 0) is 37.9 Å². The van der Waals surface area contributed by atoms with Crippen molar-refractivity contribution in [2.24, 2.45) is 7.05 Å². The lowest BCUT2D eigenvalue weighted by molar-refractivity contribution is 0.319. The zero-order valence-corrected chi connectivity index (χ0v) is 13.7. The van der Waals surface area contributed by atoms with Crippen LogP contribution in [-0.2, 0) is 7.05 Å². The molecule has 0 amide bonds. The van der Waals surface area contributed by atoms with Crippen LogP contribution < -0.4 is 10.1 Å². The maximum Gasteiger partial charge on any atom is 0.143 e. The highest BCUT2D eigenvalue weighted by atomic mass is 32.2. The number of hydrogen-bond acceptors (Lipinski definition) is 4. The van der Waals surface area contributed by atoms with E-state index in [4.69, 9.17) is 4.74 Å². The van der Waals surface area contributed by atoms with Crippen LogP contribution in [0.2, 0.25) is 0 Å². The number of aromatic nitrogens is 1. The Morgan fingerprint density at radius 3 is 2.71 bits per heavy atom. The molecule has 0 bridgehead atoms. The molecule has 0 atom stereocenters. The minimum atomic E-state index is 0.675. The van der Waals surface area contributed by atoms with E-state index in [0.717, 1.165) is 18.8 Å². The lowest BCUT2D eigenvalue weighted by Gasteiger charge is -2.30. The third kappa shape index (κ3) is 2.91. The van der Waals surface area contributed by atoms with E-state index < -0.39 is 0 Å². The molecule has 1 N–H and O–H groups in total. The molecule has 0 saturated carbocycles. The SMILES string of the molecule is CNC1CCN(Sc2cn(C)c3c(OC)cccc23)CC1. The Morgan fingerprint density at radius 1 is 1.29 bits per heavy atom. The number of para-hydroxylation sites is 1. The molecule has 4 nitrogen and oxygen atoms in total. The molecule has 2 heterocycles. The number of hydrogen-bond donors (Lipinski definition) is 1. The Hall–Kier alpha value is -1.17. The minimum Gasteiger partial charge on any atom is -0.495 e. The lowest BCUT2D eigenvalue weighted by Crippen LogP contribution is -2.38. The van der Waals surface area contributed by atoms with Crippen LogP contribution in [0.1, 0.15) is 12.8 Å².